The quantitative estimate of drug-likeness (QED) is 0.679. The highest BCUT2D eigenvalue weighted by Gasteiger charge is 2.12. The number of hydrogen-bond acceptors (Lipinski definition) is 4. The summed E-state index contributed by atoms with van der Waals surface area (Å²) in [5.74, 6) is 1.43. The van der Waals surface area contributed by atoms with E-state index >= 15 is 0 Å². The van der Waals surface area contributed by atoms with Crippen molar-refractivity contribution in [3.8, 4) is 11.5 Å². The molecule has 2 N–H and O–H groups in total. The molecule has 0 bridgehead atoms. The summed E-state index contributed by atoms with van der Waals surface area (Å²) in [4.78, 5) is 14.1. The van der Waals surface area contributed by atoms with Crippen LogP contribution in [0.1, 0.15) is 12.5 Å². The fourth-order valence-electron chi connectivity index (χ4n) is 2.41. The maximum absolute atomic E-state index is 12.3. The van der Waals surface area contributed by atoms with E-state index in [2.05, 4.69) is 10.6 Å². The van der Waals surface area contributed by atoms with Gasteiger partial charge in [-0.05, 0) is 61.1 Å². The molecule has 0 saturated carbocycles. The largest absolute Gasteiger partial charge is 0.497 e. The van der Waals surface area contributed by atoms with Crippen LogP contribution in [0, 0.1) is 0 Å². The number of rotatable bonds is 8. The lowest BCUT2D eigenvalue weighted by Gasteiger charge is -2.24. The van der Waals surface area contributed by atoms with Crippen molar-refractivity contribution in [3.05, 3.63) is 54.1 Å². The molecule has 2 rings (SSSR count). The third-order valence-electron chi connectivity index (χ3n) is 3.98. The summed E-state index contributed by atoms with van der Waals surface area (Å²) in [5.41, 5.74) is 1.80. The van der Waals surface area contributed by atoms with Crippen LogP contribution in [-0.4, -0.2) is 43.2 Å². The average Bonchev–Trinajstić information content (AvgIpc) is 2.71. The van der Waals surface area contributed by atoms with E-state index in [1.54, 1.807) is 38.5 Å². The second-order valence-electron chi connectivity index (χ2n) is 5.80. The van der Waals surface area contributed by atoms with Gasteiger partial charge in [0.15, 0.2) is 5.11 Å². The van der Waals surface area contributed by atoms with Crippen LogP contribution in [0.3, 0.4) is 0 Å². The number of ether oxygens (including phenoxy) is 2. The standard InChI is InChI=1S/C20H25N3O3S/c1-4-23(14-19(24)22-16-7-11-18(26-3)12-8-16)20(27)21-13-15-5-9-17(25-2)10-6-15/h5-12H,4,13-14H2,1-3H3,(H,21,27)(H,22,24). The number of hydrogen-bond donors (Lipinski definition) is 2. The van der Waals surface area contributed by atoms with Crippen molar-refractivity contribution in [2.45, 2.75) is 13.5 Å². The van der Waals surface area contributed by atoms with Crippen molar-refractivity contribution in [3.63, 3.8) is 0 Å². The molecule has 0 spiro atoms. The van der Waals surface area contributed by atoms with E-state index in [4.69, 9.17) is 21.7 Å². The van der Waals surface area contributed by atoms with Crippen LogP contribution in [0.25, 0.3) is 0 Å². The molecule has 0 aliphatic carbocycles. The third kappa shape index (κ3) is 6.45. The summed E-state index contributed by atoms with van der Waals surface area (Å²) in [6.07, 6.45) is 0. The summed E-state index contributed by atoms with van der Waals surface area (Å²) in [6.45, 7) is 3.35. The Balaban J connectivity index is 1.84. The molecular formula is C20H25N3O3S. The number of likely N-dealkylation sites (N-methyl/N-ethyl adjacent to an activating group) is 1. The first kappa shape index (κ1) is 20.5. The highest BCUT2D eigenvalue weighted by atomic mass is 32.1. The molecule has 7 heteroatoms. The van der Waals surface area contributed by atoms with Crippen LogP contribution in [0.15, 0.2) is 48.5 Å². The fourth-order valence-corrected chi connectivity index (χ4v) is 2.67. The summed E-state index contributed by atoms with van der Waals surface area (Å²) in [5, 5.41) is 6.59. The molecule has 0 unspecified atom stereocenters. The maximum Gasteiger partial charge on any atom is 0.243 e. The Morgan fingerprint density at radius 3 is 2.07 bits per heavy atom. The first-order valence-corrected chi connectivity index (χ1v) is 9.06. The maximum atomic E-state index is 12.3. The second-order valence-corrected chi connectivity index (χ2v) is 6.18. The van der Waals surface area contributed by atoms with Gasteiger partial charge in [-0.3, -0.25) is 4.79 Å². The molecule has 27 heavy (non-hydrogen) atoms. The summed E-state index contributed by atoms with van der Waals surface area (Å²) in [6, 6.07) is 14.9. The summed E-state index contributed by atoms with van der Waals surface area (Å²) >= 11 is 5.43. The lowest BCUT2D eigenvalue weighted by atomic mass is 10.2. The zero-order valence-corrected chi connectivity index (χ0v) is 16.6. The van der Waals surface area contributed by atoms with Crippen molar-refractivity contribution in [1.82, 2.24) is 10.2 Å². The molecule has 144 valence electrons. The van der Waals surface area contributed by atoms with Gasteiger partial charge in [-0.1, -0.05) is 12.1 Å². The van der Waals surface area contributed by atoms with E-state index in [1.807, 2.05) is 36.1 Å². The van der Waals surface area contributed by atoms with Crippen LogP contribution in [-0.2, 0) is 11.3 Å². The SMILES string of the molecule is CCN(CC(=O)Nc1ccc(OC)cc1)C(=S)NCc1ccc(OC)cc1. The Kier molecular flexibility index (Phi) is 7.88. The molecule has 0 aliphatic heterocycles. The van der Waals surface area contributed by atoms with Crippen LogP contribution in [0.5, 0.6) is 11.5 Å². The molecule has 0 saturated heterocycles. The van der Waals surface area contributed by atoms with E-state index in [9.17, 15) is 4.79 Å². The Hall–Kier alpha value is -2.80. The number of amides is 1. The first-order valence-electron chi connectivity index (χ1n) is 8.65. The molecule has 6 nitrogen and oxygen atoms in total. The average molecular weight is 388 g/mol. The van der Waals surface area contributed by atoms with Gasteiger partial charge >= 0.3 is 0 Å². The molecule has 0 heterocycles. The Labute approximate surface area is 165 Å². The van der Waals surface area contributed by atoms with Crippen LogP contribution >= 0.6 is 12.2 Å². The highest BCUT2D eigenvalue weighted by Crippen LogP contribution is 2.15. The summed E-state index contributed by atoms with van der Waals surface area (Å²) < 4.78 is 10.3. The number of methoxy groups -OCH3 is 2. The van der Waals surface area contributed by atoms with Crippen molar-refractivity contribution in [2.24, 2.45) is 0 Å². The lowest BCUT2D eigenvalue weighted by molar-refractivity contribution is -0.116. The Morgan fingerprint density at radius 1 is 1.00 bits per heavy atom. The number of carbonyl (C=O) groups is 1. The molecule has 2 aromatic carbocycles. The minimum absolute atomic E-state index is 0.129. The predicted molar refractivity (Wildman–Crippen MR) is 111 cm³/mol. The molecular weight excluding hydrogens is 362 g/mol. The highest BCUT2D eigenvalue weighted by molar-refractivity contribution is 7.80. The zero-order valence-electron chi connectivity index (χ0n) is 15.8. The van der Waals surface area contributed by atoms with Gasteiger partial charge in [0.05, 0.1) is 20.8 Å². The Morgan fingerprint density at radius 2 is 1.56 bits per heavy atom. The van der Waals surface area contributed by atoms with Crippen LogP contribution < -0.4 is 20.1 Å². The molecule has 2 aromatic rings. The minimum Gasteiger partial charge on any atom is -0.497 e. The van der Waals surface area contributed by atoms with E-state index < -0.39 is 0 Å². The normalized spacial score (nSPS) is 10.0. The molecule has 0 fully saturated rings. The zero-order chi connectivity index (χ0) is 19.6. The van der Waals surface area contributed by atoms with Gasteiger partial charge in [0.1, 0.15) is 11.5 Å². The van der Waals surface area contributed by atoms with Gasteiger partial charge in [0.2, 0.25) is 5.91 Å². The van der Waals surface area contributed by atoms with Gasteiger partial charge in [0.25, 0.3) is 0 Å². The van der Waals surface area contributed by atoms with E-state index in [1.165, 1.54) is 0 Å². The molecule has 0 atom stereocenters. The second kappa shape index (κ2) is 10.4. The molecule has 1 amide bonds. The summed E-state index contributed by atoms with van der Waals surface area (Å²) in [7, 11) is 3.24. The van der Waals surface area contributed by atoms with Gasteiger partial charge in [0, 0.05) is 18.8 Å². The van der Waals surface area contributed by atoms with Crippen molar-refractivity contribution in [2.75, 3.05) is 32.6 Å². The van der Waals surface area contributed by atoms with E-state index in [0.717, 1.165) is 17.1 Å². The number of nitrogens with zero attached hydrogens (tertiary/aromatic N) is 1. The van der Waals surface area contributed by atoms with Gasteiger partial charge in [-0.15, -0.1) is 0 Å². The molecule has 0 radical (unpaired) electrons. The first-order chi connectivity index (χ1) is 13.0. The van der Waals surface area contributed by atoms with Crippen molar-refractivity contribution < 1.29 is 14.3 Å². The predicted octanol–water partition coefficient (Wildman–Crippen LogP) is 3.04. The van der Waals surface area contributed by atoms with Crippen LogP contribution in [0.2, 0.25) is 0 Å². The van der Waals surface area contributed by atoms with Gasteiger partial charge in [-0.2, -0.15) is 0 Å². The van der Waals surface area contributed by atoms with Crippen LogP contribution in [0.4, 0.5) is 5.69 Å². The number of nitrogens with one attached hydrogen (secondary N) is 2. The monoisotopic (exact) mass is 387 g/mol. The van der Waals surface area contributed by atoms with Crippen molar-refractivity contribution >= 4 is 28.9 Å². The number of carbonyl (C=O) groups excluding carboxylic acids is 1. The number of benzene rings is 2. The Bertz CT molecular complexity index is 748. The van der Waals surface area contributed by atoms with E-state index in [-0.39, 0.29) is 12.5 Å². The third-order valence-corrected chi connectivity index (χ3v) is 4.38. The van der Waals surface area contributed by atoms with E-state index in [0.29, 0.717) is 23.9 Å². The van der Waals surface area contributed by atoms with Gasteiger partial charge < -0.3 is 25.0 Å². The molecule has 0 aliphatic rings. The lowest BCUT2D eigenvalue weighted by Crippen LogP contribution is -2.43. The fraction of sp³-hybridized carbons (Fsp3) is 0.300. The topological polar surface area (TPSA) is 62.8 Å². The van der Waals surface area contributed by atoms with Gasteiger partial charge in [-0.25, -0.2) is 0 Å². The smallest absolute Gasteiger partial charge is 0.243 e. The minimum atomic E-state index is -0.129. The number of thiocarbonyl (C=S) groups is 1. The number of anilines is 1. The van der Waals surface area contributed by atoms with Crippen molar-refractivity contribution in [1.29, 1.82) is 0 Å². The molecule has 0 aromatic heterocycles.